The third kappa shape index (κ3) is 6.32. The van der Waals surface area contributed by atoms with Crippen LogP contribution >= 0.6 is 11.3 Å². The molecule has 1 aliphatic rings. The number of hydrogen-bond donors (Lipinski definition) is 2. The minimum Gasteiger partial charge on any atom is -0.481 e. The van der Waals surface area contributed by atoms with Crippen LogP contribution in [-0.4, -0.2) is 40.1 Å². The molecule has 0 bridgehead atoms. The van der Waals surface area contributed by atoms with Crippen molar-refractivity contribution in [2.75, 3.05) is 0 Å². The molecule has 0 unspecified atom stereocenters. The number of rotatable bonds is 9. The lowest BCUT2D eigenvalue weighted by Gasteiger charge is -2.21. The van der Waals surface area contributed by atoms with Gasteiger partial charge in [-0.15, -0.1) is 11.3 Å². The van der Waals surface area contributed by atoms with Crippen molar-refractivity contribution in [3.63, 3.8) is 0 Å². The first-order valence-corrected chi connectivity index (χ1v) is 12.3. The van der Waals surface area contributed by atoms with Gasteiger partial charge >= 0.3 is 11.9 Å². The summed E-state index contributed by atoms with van der Waals surface area (Å²) in [5, 5.41) is 21.7. The second-order valence-corrected chi connectivity index (χ2v) is 9.64. The number of carboxylic acid groups (broad SMARTS) is 1. The maximum absolute atomic E-state index is 12.9. The normalized spacial score (nSPS) is 21.7. The molecule has 7 heteroatoms. The number of thiophene rings is 1. The lowest BCUT2D eigenvalue weighted by atomic mass is 9.90. The van der Waals surface area contributed by atoms with Crippen LogP contribution in [0.1, 0.15) is 28.1 Å². The fourth-order valence-corrected chi connectivity index (χ4v) is 5.18. The van der Waals surface area contributed by atoms with Crippen LogP contribution in [0, 0.1) is 11.8 Å². The Kier molecular flexibility index (Phi) is 7.90. The van der Waals surface area contributed by atoms with Crippen LogP contribution in [0.15, 0.2) is 84.3 Å². The fourth-order valence-electron chi connectivity index (χ4n) is 4.47. The van der Waals surface area contributed by atoms with E-state index >= 15 is 0 Å². The Labute approximate surface area is 207 Å². The number of aliphatic hydroxyl groups excluding tert-OH is 1. The summed E-state index contributed by atoms with van der Waals surface area (Å²) in [6.07, 6.45) is 1.39. The van der Waals surface area contributed by atoms with Gasteiger partial charge in [0.15, 0.2) is 5.78 Å². The molecular formula is C28H26O6S. The first kappa shape index (κ1) is 24.6. The Balaban J connectivity index is 1.47. The van der Waals surface area contributed by atoms with E-state index in [4.69, 9.17) is 4.74 Å². The van der Waals surface area contributed by atoms with Crippen molar-refractivity contribution < 1.29 is 29.3 Å². The van der Waals surface area contributed by atoms with Gasteiger partial charge in [0.1, 0.15) is 6.10 Å². The number of aliphatic carboxylic acids is 1. The number of allylic oxidation sites excluding steroid dienone is 1. The van der Waals surface area contributed by atoms with Gasteiger partial charge in [0.25, 0.3) is 0 Å². The maximum Gasteiger partial charge on any atom is 0.338 e. The smallest absolute Gasteiger partial charge is 0.338 e. The van der Waals surface area contributed by atoms with Crippen molar-refractivity contribution in [1.29, 1.82) is 0 Å². The standard InChI is InChI=1S/C28H26O6S/c29-21(15-22-7-4-14-35-22)12-13-23-24(16-27(31)32)25(30)17-26(23)34-28(33)20-10-8-19(9-11-20)18-5-2-1-3-6-18/h1-14,23-26,30H,15-17H2,(H,31,32)/t23-,24-,25+,26-/m1/s1. The Morgan fingerprint density at radius 2 is 1.69 bits per heavy atom. The summed E-state index contributed by atoms with van der Waals surface area (Å²) in [4.78, 5) is 37.6. The van der Waals surface area contributed by atoms with Crippen LogP contribution in [0.4, 0.5) is 0 Å². The summed E-state index contributed by atoms with van der Waals surface area (Å²) < 4.78 is 5.72. The van der Waals surface area contributed by atoms with Gasteiger partial charge in [-0.1, -0.05) is 54.6 Å². The number of hydrogen-bond acceptors (Lipinski definition) is 6. The average Bonchev–Trinajstić information content (AvgIpc) is 3.46. The highest BCUT2D eigenvalue weighted by Gasteiger charge is 2.44. The molecule has 1 fully saturated rings. The van der Waals surface area contributed by atoms with Crippen LogP contribution in [0.5, 0.6) is 0 Å². The Hall–Kier alpha value is -3.55. The lowest BCUT2D eigenvalue weighted by Crippen LogP contribution is -2.26. The number of esters is 1. The van der Waals surface area contributed by atoms with Gasteiger partial charge < -0.3 is 14.9 Å². The van der Waals surface area contributed by atoms with E-state index in [1.807, 2.05) is 60.0 Å². The predicted molar refractivity (Wildman–Crippen MR) is 133 cm³/mol. The van der Waals surface area contributed by atoms with E-state index in [0.717, 1.165) is 16.0 Å². The highest BCUT2D eigenvalue weighted by Crippen LogP contribution is 2.38. The zero-order chi connectivity index (χ0) is 24.8. The van der Waals surface area contributed by atoms with Crippen LogP contribution < -0.4 is 0 Å². The summed E-state index contributed by atoms with van der Waals surface area (Å²) in [5.41, 5.74) is 2.35. The van der Waals surface area contributed by atoms with Crippen LogP contribution in [0.3, 0.4) is 0 Å². The summed E-state index contributed by atoms with van der Waals surface area (Å²) in [7, 11) is 0. The summed E-state index contributed by atoms with van der Waals surface area (Å²) in [6, 6.07) is 20.5. The van der Waals surface area contributed by atoms with Gasteiger partial charge in [-0.05, 0) is 40.8 Å². The topological polar surface area (TPSA) is 101 Å². The van der Waals surface area contributed by atoms with Gasteiger partial charge in [0.2, 0.25) is 0 Å². The van der Waals surface area contributed by atoms with Crippen molar-refractivity contribution in [2.24, 2.45) is 11.8 Å². The molecule has 1 aliphatic carbocycles. The molecule has 4 atom stereocenters. The van der Waals surface area contributed by atoms with Crippen molar-refractivity contribution in [2.45, 2.75) is 31.5 Å². The van der Waals surface area contributed by atoms with E-state index in [-0.39, 0.29) is 25.0 Å². The van der Waals surface area contributed by atoms with E-state index in [1.54, 1.807) is 18.2 Å². The molecule has 180 valence electrons. The van der Waals surface area contributed by atoms with E-state index < -0.39 is 36.0 Å². The molecule has 1 saturated carbocycles. The number of benzene rings is 2. The molecule has 2 aromatic carbocycles. The minimum atomic E-state index is -1.05. The van der Waals surface area contributed by atoms with Gasteiger partial charge in [0.05, 0.1) is 18.1 Å². The van der Waals surface area contributed by atoms with Crippen molar-refractivity contribution >= 4 is 29.1 Å². The number of carbonyl (C=O) groups excluding carboxylic acids is 2. The second kappa shape index (κ2) is 11.3. The third-order valence-corrected chi connectivity index (χ3v) is 7.10. The molecule has 6 nitrogen and oxygen atoms in total. The minimum absolute atomic E-state index is 0.111. The second-order valence-electron chi connectivity index (χ2n) is 8.61. The summed E-state index contributed by atoms with van der Waals surface area (Å²) in [5.74, 6) is -2.98. The first-order valence-electron chi connectivity index (χ1n) is 11.4. The number of carbonyl (C=O) groups is 3. The Morgan fingerprint density at radius 3 is 2.34 bits per heavy atom. The van der Waals surface area contributed by atoms with Gasteiger partial charge in [-0.2, -0.15) is 0 Å². The fraction of sp³-hybridized carbons (Fsp3) is 0.250. The van der Waals surface area contributed by atoms with Gasteiger partial charge in [0, 0.05) is 29.6 Å². The van der Waals surface area contributed by atoms with E-state index in [0.29, 0.717) is 5.56 Å². The quantitative estimate of drug-likeness (QED) is 0.331. The molecule has 1 heterocycles. The molecule has 0 radical (unpaired) electrons. The molecule has 0 amide bonds. The molecule has 0 aliphatic heterocycles. The zero-order valence-electron chi connectivity index (χ0n) is 18.9. The maximum atomic E-state index is 12.9. The molecule has 2 N–H and O–H groups in total. The molecule has 1 aromatic heterocycles. The highest BCUT2D eigenvalue weighted by molar-refractivity contribution is 7.10. The molecule has 0 spiro atoms. The average molecular weight is 491 g/mol. The van der Waals surface area contributed by atoms with Crippen LogP contribution in [-0.2, 0) is 20.7 Å². The number of aliphatic hydroxyl groups is 1. The third-order valence-electron chi connectivity index (χ3n) is 6.22. The molecular weight excluding hydrogens is 464 g/mol. The van der Waals surface area contributed by atoms with Crippen LogP contribution in [0.2, 0.25) is 0 Å². The zero-order valence-corrected chi connectivity index (χ0v) is 19.8. The first-order chi connectivity index (χ1) is 16.9. The summed E-state index contributed by atoms with van der Waals surface area (Å²) >= 11 is 1.48. The Bertz CT molecular complexity index is 1180. The number of carboxylic acids is 1. The SMILES string of the molecule is O=C(O)C[C@@H]1[C@@H](C=CC(=O)Cc2cccs2)[C@H](OC(=O)c2ccc(-c3ccccc3)cc2)C[C@@H]1O. The molecule has 3 aromatic rings. The van der Waals surface area contributed by atoms with Gasteiger partial charge in [-0.3, -0.25) is 9.59 Å². The van der Waals surface area contributed by atoms with E-state index in [1.165, 1.54) is 17.4 Å². The monoisotopic (exact) mass is 490 g/mol. The van der Waals surface area contributed by atoms with Crippen molar-refractivity contribution in [3.05, 3.63) is 94.7 Å². The largest absolute Gasteiger partial charge is 0.481 e. The van der Waals surface area contributed by atoms with Crippen molar-refractivity contribution in [1.82, 2.24) is 0 Å². The molecule has 0 saturated heterocycles. The predicted octanol–water partition coefficient (Wildman–Crippen LogP) is 4.78. The molecule has 35 heavy (non-hydrogen) atoms. The van der Waals surface area contributed by atoms with Gasteiger partial charge in [-0.25, -0.2) is 4.79 Å². The lowest BCUT2D eigenvalue weighted by molar-refractivity contribution is -0.139. The van der Waals surface area contributed by atoms with E-state index in [2.05, 4.69) is 0 Å². The highest BCUT2D eigenvalue weighted by atomic mass is 32.1. The Morgan fingerprint density at radius 1 is 0.971 bits per heavy atom. The number of ether oxygens (including phenoxy) is 1. The number of ketones is 1. The van der Waals surface area contributed by atoms with E-state index in [9.17, 15) is 24.6 Å². The summed E-state index contributed by atoms with van der Waals surface area (Å²) in [6.45, 7) is 0. The molecule has 4 rings (SSSR count). The van der Waals surface area contributed by atoms with Crippen molar-refractivity contribution in [3.8, 4) is 11.1 Å². The van der Waals surface area contributed by atoms with Crippen LogP contribution in [0.25, 0.3) is 11.1 Å².